The lowest BCUT2D eigenvalue weighted by atomic mass is 10.2. The van der Waals surface area contributed by atoms with Crippen molar-refractivity contribution in [2.75, 3.05) is 13.2 Å². The highest BCUT2D eigenvalue weighted by molar-refractivity contribution is 5.74. The number of carbonyl (C=O) groups is 1. The molecule has 0 aliphatic carbocycles. The minimum atomic E-state index is -0.584. The summed E-state index contributed by atoms with van der Waals surface area (Å²) in [7, 11) is 0. The molecule has 0 aromatic heterocycles. The van der Waals surface area contributed by atoms with Gasteiger partial charge in [-0.2, -0.15) is 0 Å². The van der Waals surface area contributed by atoms with E-state index >= 15 is 0 Å². The van der Waals surface area contributed by atoms with Crippen molar-refractivity contribution in [3.8, 4) is 5.75 Å². The van der Waals surface area contributed by atoms with E-state index in [1.807, 2.05) is 24.3 Å². The summed E-state index contributed by atoms with van der Waals surface area (Å²) in [6.45, 7) is 7.77. The second-order valence-electron chi connectivity index (χ2n) is 4.34. The highest BCUT2D eigenvalue weighted by Gasteiger charge is 2.15. The molecule has 1 N–H and O–H groups in total. The Hall–Kier alpha value is -1.55. The van der Waals surface area contributed by atoms with Gasteiger partial charge in [0.15, 0.2) is 6.10 Å². The van der Waals surface area contributed by atoms with Crippen LogP contribution in [-0.2, 0) is 16.1 Å². The van der Waals surface area contributed by atoms with Crippen LogP contribution in [0.15, 0.2) is 24.3 Å². The molecule has 0 radical (unpaired) electrons. The van der Waals surface area contributed by atoms with Gasteiger partial charge in [0, 0.05) is 6.54 Å². The predicted octanol–water partition coefficient (Wildman–Crippen LogP) is 2.52. The van der Waals surface area contributed by atoms with Crippen LogP contribution in [0.4, 0.5) is 0 Å². The van der Waals surface area contributed by atoms with Gasteiger partial charge in [-0.25, -0.2) is 4.79 Å². The smallest absolute Gasteiger partial charge is 0.347 e. The second-order valence-corrected chi connectivity index (χ2v) is 4.34. The Morgan fingerprint density at radius 3 is 2.84 bits per heavy atom. The van der Waals surface area contributed by atoms with Crippen molar-refractivity contribution in [3.05, 3.63) is 29.8 Å². The molecule has 0 fully saturated rings. The first kappa shape index (κ1) is 15.5. The van der Waals surface area contributed by atoms with Crippen molar-refractivity contribution in [1.29, 1.82) is 0 Å². The van der Waals surface area contributed by atoms with Crippen molar-refractivity contribution < 1.29 is 14.3 Å². The third kappa shape index (κ3) is 5.75. The average Bonchev–Trinajstić information content (AvgIpc) is 2.40. The molecule has 0 saturated heterocycles. The number of carbonyl (C=O) groups excluding carboxylic acids is 1. The molecule has 106 valence electrons. The zero-order valence-corrected chi connectivity index (χ0v) is 11.9. The monoisotopic (exact) mass is 265 g/mol. The van der Waals surface area contributed by atoms with Gasteiger partial charge in [0.1, 0.15) is 5.75 Å². The molecule has 1 rings (SSSR count). The molecule has 0 heterocycles. The largest absolute Gasteiger partial charge is 0.479 e. The highest BCUT2D eigenvalue weighted by Crippen LogP contribution is 2.15. The molecule has 1 unspecified atom stereocenters. The number of ether oxygens (including phenoxy) is 2. The number of benzene rings is 1. The van der Waals surface area contributed by atoms with Crippen LogP contribution in [0.3, 0.4) is 0 Å². The van der Waals surface area contributed by atoms with Crippen molar-refractivity contribution in [2.45, 2.75) is 39.8 Å². The van der Waals surface area contributed by atoms with Gasteiger partial charge in [-0.3, -0.25) is 0 Å². The quantitative estimate of drug-likeness (QED) is 0.579. The van der Waals surface area contributed by atoms with Gasteiger partial charge in [0.05, 0.1) is 6.61 Å². The standard InChI is InChI=1S/C15H23NO3/c1-4-9-16-11-13-7-6-8-14(10-13)19-12(3)15(17)18-5-2/h6-8,10,12,16H,4-5,9,11H2,1-3H3. The number of esters is 1. The molecule has 0 aliphatic heterocycles. The SMILES string of the molecule is CCCNCc1cccc(OC(C)C(=O)OCC)c1. The predicted molar refractivity (Wildman–Crippen MR) is 75.2 cm³/mol. The molecule has 0 bridgehead atoms. The number of rotatable bonds is 8. The number of hydrogen-bond acceptors (Lipinski definition) is 4. The molecule has 0 spiro atoms. The van der Waals surface area contributed by atoms with Crippen LogP contribution >= 0.6 is 0 Å². The Morgan fingerprint density at radius 2 is 2.16 bits per heavy atom. The van der Waals surface area contributed by atoms with Gasteiger partial charge in [-0.05, 0) is 44.5 Å². The van der Waals surface area contributed by atoms with Crippen LogP contribution < -0.4 is 10.1 Å². The molecule has 4 nitrogen and oxygen atoms in total. The molecular weight excluding hydrogens is 242 g/mol. The molecule has 0 amide bonds. The van der Waals surface area contributed by atoms with Crippen molar-refractivity contribution in [3.63, 3.8) is 0 Å². The molecule has 19 heavy (non-hydrogen) atoms. The van der Waals surface area contributed by atoms with E-state index in [9.17, 15) is 4.79 Å². The lowest BCUT2D eigenvalue weighted by Crippen LogP contribution is -2.26. The van der Waals surface area contributed by atoms with Gasteiger partial charge < -0.3 is 14.8 Å². The topological polar surface area (TPSA) is 47.6 Å². The summed E-state index contributed by atoms with van der Waals surface area (Å²) in [6, 6.07) is 7.75. The molecule has 0 aliphatic rings. The zero-order chi connectivity index (χ0) is 14.1. The normalized spacial score (nSPS) is 11.9. The van der Waals surface area contributed by atoms with E-state index in [1.165, 1.54) is 0 Å². The Balaban J connectivity index is 2.53. The Bertz CT molecular complexity index is 393. The van der Waals surface area contributed by atoms with Gasteiger partial charge in [-0.15, -0.1) is 0 Å². The van der Waals surface area contributed by atoms with Crippen molar-refractivity contribution in [2.24, 2.45) is 0 Å². The Morgan fingerprint density at radius 1 is 1.37 bits per heavy atom. The molecule has 4 heteroatoms. The molecule has 1 aromatic rings. The summed E-state index contributed by atoms with van der Waals surface area (Å²) >= 11 is 0. The van der Waals surface area contributed by atoms with Gasteiger partial charge in [0.2, 0.25) is 0 Å². The first-order valence-electron chi connectivity index (χ1n) is 6.80. The summed E-state index contributed by atoms with van der Waals surface area (Å²) in [4.78, 5) is 11.5. The molecule has 1 atom stereocenters. The van der Waals surface area contributed by atoms with Crippen LogP contribution in [0.5, 0.6) is 5.75 Å². The molecule has 0 saturated carbocycles. The Kier molecular flexibility index (Phi) is 6.97. The fourth-order valence-electron chi connectivity index (χ4n) is 1.65. The van der Waals surface area contributed by atoms with E-state index in [1.54, 1.807) is 13.8 Å². The maximum atomic E-state index is 11.5. The second kappa shape index (κ2) is 8.53. The number of nitrogens with one attached hydrogen (secondary N) is 1. The summed E-state index contributed by atoms with van der Waals surface area (Å²) in [6.07, 6.45) is 0.523. The summed E-state index contributed by atoms with van der Waals surface area (Å²) < 4.78 is 10.5. The third-order valence-corrected chi connectivity index (χ3v) is 2.59. The van der Waals surface area contributed by atoms with E-state index in [2.05, 4.69) is 12.2 Å². The van der Waals surface area contributed by atoms with E-state index in [-0.39, 0.29) is 5.97 Å². The van der Waals surface area contributed by atoms with Crippen LogP contribution in [0, 0.1) is 0 Å². The maximum Gasteiger partial charge on any atom is 0.347 e. The lowest BCUT2D eigenvalue weighted by molar-refractivity contribution is -0.150. The lowest BCUT2D eigenvalue weighted by Gasteiger charge is -2.14. The van der Waals surface area contributed by atoms with E-state index in [0.29, 0.717) is 12.4 Å². The zero-order valence-electron chi connectivity index (χ0n) is 11.9. The van der Waals surface area contributed by atoms with E-state index < -0.39 is 6.10 Å². The Labute approximate surface area is 115 Å². The van der Waals surface area contributed by atoms with Crippen LogP contribution in [0.25, 0.3) is 0 Å². The van der Waals surface area contributed by atoms with Gasteiger partial charge in [0.25, 0.3) is 0 Å². The third-order valence-electron chi connectivity index (χ3n) is 2.59. The summed E-state index contributed by atoms with van der Waals surface area (Å²) in [5, 5.41) is 3.33. The van der Waals surface area contributed by atoms with Gasteiger partial charge in [-0.1, -0.05) is 19.1 Å². The fourth-order valence-corrected chi connectivity index (χ4v) is 1.65. The van der Waals surface area contributed by atoms with Crippen LogP contribution in [0.1, 0.15) is 32.8 Å². The highest BCUT2D eigenvalue weighted by atomic mass is 16.6. The minimum absolute atomic E-state index is 0.336. The summed E-state index contributed by atoms with van der Waals surface area (Å²) in [5.41, 5.74) is 1.14. The van der Waals surface area contributed by atoms with E-state index in [4.69, 9.17) is 9.47 Å². The maximum absolute atomic E-state index is 11.5. The van der Waals surface area contributed by atoms with Crippen molar-refractivity contribution >= 4 is 5.97 Å². The minimum Gasteiger partial charge on any atom is -0.479 e. The van der Waals surface area contributed by atoms with Gasteiger partial charge >= 0.3 is 5.97 Å². The van der Waals surface area contributed by atoms with Crippen LogP contribution in [-0.4, -0.2) is 25.2 Å². The average molecular weight is 265 g/mol. The molecular formula is C15H23NO3. The first-order chi connectivity index (χ1) is 9.17. The fraction of sp³-hybridized carbons (Fsp3) is 0.533. The van der Waals surface area contributed by atoms with Crippen molar-refractivity contribution in [1.82, 2.24) is 5.32 Å². The summed E-state index contributed by atoms with van der Waals surface area (Å²) in [5.74, 6) is 0.355. The molecule has 1 aromatic carbocycles. The first-order valence-corrected chi connectivity index (χ1v) is 6.80. The van der Waals surface area contributed by atoms with Crippen LogP contribution in [0.2, 0.25) is 0 Å². The number of hydrogen-bond donors (Lipinski definition) is 1. The van der Waals surface area contributed by atoms with E-state index in [0.717, 1.165) is 25.1 Å².